The van der Waals surface area contributed by atoms with E-state index in [0.717, 1.165) is 0 Å². The fourth-order valence-electron chi connectivity index (χ4n) is 2.20. The number of halogens is 1. The van der Waals surface area contributed by atoms with Gasteiger partial charge in [-0.2, -0.15) is 0 Å². The van der Waals surface area contributed by atoms with E-state index in [1.165, 1.54) is 4.90 Å². The maximum atomic E-state index is 12.5. The van der Waals surface area contributed by atoms with Crippen molar-refractivity contribution in [3.05, 3.63) is 29.3 Å². The number of nitrogens with zero attached hydrogens (tertiary/aromatic N) is 1. The van der Waals surface area contributed by atoms with Crippen LogP contribution in [0.15, 0.2) is 24.3 Å². The Bertz CT molecular complexity index is 580. The lowest BCUT2D eigenvalue weighted by molar-refractivity contribution is -0.134. The third-order valence-corrected chi connectivity index (χ3v) is 3.88. The van der Waals surface area contributed by atoms with E-state index < -0.39 is 17.2 Å². The lowest BCUT2D eigenvalue weighted by Crippen LogP contribution is -2.66. The molecule has 5 nitrogen and oxygen atoms in total. The van der Waals surface area contributed by atoms with Crippen LogP contribution in [-0.2, 0) is 9.53 Å². The monoisotopic (exact) mass is 324 g/mol. The third-order valence-electron chi connectivity index (χ3n) is 3.62. The summed E-state index contributed by atoms with van der Waals surface area (Å²) in [5.41, 5.74) is -0.825. The first-order valence-electron chi connectivity index (χ1n) is 7.19. The molecule has 2 rings (SSSR count). The van der Waals surface area contributed by atoms with Gasteiger partial charge in [0, 0.05) is 17.3 Å². The summed E-state index contributed by atoms with van der Waals surface area (Å²) in [5.74, 6) is -0.230. The van der Waals surface area contributed by atoms with Gasteiger partial charge in [-0.1, -0.05) is 11.6 Å². The van der Waals surface area contributed by atoms with Crippen LogP contribution in [-0.4, -0.2) is 34.6 Å². The largest absolute Gasteiger partial charge is 0.444 e. The predicted octanol–water partition coefficient (Wildman–Crippen LogP) is 3.68. The summed E-state index contributed by atoms with van der Waals surface area (Å²) in [5, 5.41) is 3.41. The van der Waals surface area contributed by atoms with Gasteiger partial charge in [-0.05, 0) is 58.4 Å². The predicted molar refractivity (Wildman–Crippen MR) is 86.0 cm³/mol. The molecule has 1 N–H and O–H groups in total. The van der Waals surface area contributed by atoms with E-state index in [0.29, 0.717) is 23.7 Å². The van der Waals surface area contributed by atoms with Crippen molar-refractivity contribution in [1.82, 2.24) is 4.90 Å². The van der Waals surface area contributed by atoms with Gasteiger partial charge >= 0.3 is 6.09 Å². The number of benzene rings is 1. The van der Waals surface area contributed by atoms with E-state index in [-0.39, 0.29) is 5.91 Å². The van der Waals surface area contributed by atoms with E-state index in [4.69, 9.17) is 16.3 Å². The van der Waals surface area contributed by atoms with E-state index in [1.54, 1.807) is 52.0 Å². The highest BCUT2D eigenvalue weighted by Gasteiger charge is 2.50. The summed E-state index contributed by atoms with van der Waals surface area (Å²) < 4.78 is 5.34. The zero-order valence-electron chi connectivity index (χ0n) is 13.3. The number of rotatable bonds is 2. The fourth-order valence-corrected chi connectivity index (χ4v) is 2.33. The molecular weight excluding hydrogens is 304 g/mol. The lowest BCUT2D eigenvalue weighted by Gasteiger charge is -2.48. The molecule has 1 saturated heterocycles. The molecular formula is C16H21ClN2O3. The second-order valence-electron chi connectivity index (χ2n) is 6.62. The van der Waals surface area contributed by atoms with Gasteiger partial charge in [0.15, 0.2) is 0 Å². The Kier molecular flexibility index (Phi) is 4.38. The molecule has 0 bridgehead atoms. The second kappa shape index (κ2) is 5.80. The van der Waals surface area contributed by atoms with E-state index in [2.05, 4.69) is 5.32 Å². The van der Waals surface area contributed by atoms with Crippen LogP contribution < -0.4 is 5.32 Å². The van der Waals surface area contributed by atoms with Gasteiger partial charge in [-0.15, -0.1) is 0 Å². The number of hydrogen-bond acceptors (Lipinski definition) is 3. The van der Waals surface area contributed by atoms with Gasteiger partial charge in [0.25, 0.3) is 0 Å². The zero-order chi connectivity index (χ0) is 16.5. The topological polar surface area (TPSA) is 58.6 Å². The number of carbonyl (C=O) groups is 2. The summed E-state index contributed by atoms with van der Waals surface area (Å²) in [7, 11) is 0. The minimum atomic E-state index is -0.887. The maximum absolute atomic E-state index is 12.5. The van der Waals surface area contributed by atoms with E-state index >= 15 is 0 Å². The number of ether oxygens (including phenoxy) is 1. The van der Waals surface area contributed by atoms with Crippen molar-refractivity contribution in [1.29, 1.82) is 0 Å². The van der Waals surface area contributed by atoms with E-state index in [1.807, 2.05) is 0 Å². The van der Waals surface area contributed by atoms with Gasteiger partial charge in [-0.25, -0.2) is 4.79 Å². The summed E-state index contributed by atoms with van der Waals surface area (Å²) >= 11 is 5.82. The Morgan fingerprint density at radius 2 is 1.86 bits per heavy atom. The quantitative estimate of drug-likeness (QED) is 0.902. The minimum Gasteiger partial charge on any atom is -0.444 e. The van der Waals surface area contributed by atoms with Crippen molar-refractivity contribution in [3.63, 3.8) is 0 Å². The molecule has 120 valence electrons. The maximum Gasteiger partial charge on any atom is 0.411 e. The highest BCUT2D eigenvalue weighted by molar-refractivity contribution is 6.30. The van der Waals surface area contributed by atoms with Crippen LogP contribution in [0.3, 0.4) is 0 Å². The van der Waals surface area contributed by atoms with Crippen molar-refractivity contribution in [2.75, 3.05) is 11.9 Å². The van der Waals surface area contributed by atoms with Crippen LogP contribution in [0.4, 0.5) is 10.5 Å². The normalized spacial score (nSPS) is 21.0. The summed E-state index contributed by atoms with van der Waals surface area (Å²) in [6.45, 7) is 7.66. The molecule has 1 atom stereocenters. The van der Waals surface area contributed by atoms with E-state index in [9.17, 15) is 9.59 Å². The zero-order valence-corrected chi connectivity index (χ0v) is 14.0. The van der Waals surface area contributed by atoms with Gasteiger partial charge in [-0.3, -0.25) is 9.69 Å². The highest BCUT2D eigenvalue weighted by atomic mass is 35.5. The first-order valence-corrected chi connectivity index (χ1v) is 7.57. The smallest absolute Gasteiger partial charge is 0.411 e. The Labute approximate surface area is 135 Å². The molecule has 0 aliphatic carbocycles. The van der Waals surface area contributed by atoms with Gasteiger partial charge < -0.3 is 10.1 Å². The Hall–Kier alpha value is -1.75. The van der Waals surface area contributed by atoms with Gasteiger partial charge in [0.1, 0.15) is 11.1 Å². The second-order valence-corrected chi connectivity index (χ2v) is 7.05. The summed E-state index contributed by atoms with van der Waals surface area (Å²) in [6, 6.07) is 6.85. The molecule has 0 radical (unpaired) electrons. The van der Waals surface area contributed by atoms with Crippen LogP contribution in [0.1, 0.15) is 34.1 Å². The molecule has 0 spiro atoms. The summed E-state index contributed by atoms with van der Waals surface area (Å²) in [4.78, 5) is 26.1. The van der Waals surface area contributed by atoms with Crippen LogP contribution in [0.25, 0.3) is 0 Å². The molecule has 6 heteroatoms. The number of hydrogen-bond donors (Lipinski definition) is 1. The molecule has 1 aromatic carbocycles. The Morgan fingerprint density at radius 3 is 2.32 bits per heavy atom. The molecule has 1 aliphatic rings. The van der Waals surface area contributed by atoms with Crippen LogP contribution >= 0.6 is 11.6 Å². The molecule has 1 fully saturated rings. The number of amides is 2. The first kappa shape index (κ1) is 16.6. The number of nitrogens with one attached hydrogen (secondary N) is 1. The Morgan fingerprint density at radius 1 is 1.27 bits per heavy atom. The summed E-state index contributed by atoms with van der Waals surface area (Å²) in [6.07, 6.45) is 0.138. The molecule has 0 saturated carbocycles. The average molecular weight is 325 g/mol. The lowest BCUT2D eigenvalue weighted by atomic mass is 9.86. The average Bonchev–Trinajstić information content (AvgIpc) is 2.36. The minimum absolute atomic E-state index is 0.230. The molecule has 1 unspecified atom stereocenters. The van der Waals surface area contributed by atoms with Crippen LogP contribution in [0.5, 0.6) is 0 Å². The number of likely N-dealkylation sites (tertiary alicyclic amines) is 1. The number of carbonyl (C=O) groups excluding carboxylic acids is 2. The first-order chi connectivity index (χ1) is 10.1. The number of anilines is 1. The van der Waals surface area contributed by atoms with Crippen molar-refractivity contribution in [3.8, 4) is 0 Å². The van der Waals surface area contributed by atoms with Crippen LogP contribution in [0.2, 0.25) is 5.02 Å². The van der Waals surface area contributed by atoms with Gasteiger partial charge in [0.05, 0.1) is 0 Å². The molecule has 1 heterocycles. The molecule has 2 amide bonds. The standard InChI is InChI=1S/C16H21ClN2O3/c1-15(2,3)22-14(21)19-10-9-16(19,4)13(20)18-12-7-5-11(17)6-8-12/h5-8H,9-10H2,1-4H3,(H,18,20). The van der Waals surface area contributed by atoms with Crippen molar-refractivity contribution >= 4 is 29.3 Å². The fraction of sp³-hybridized carbons (Fsp3) is 0.500. The third kappa shape index (κ3) is 3.53. The molecule has 1 aromatic rings. The van der Waals surface area contributed by atoms with Crippen molar-refractivity contribution < 1.29 is 14.3 Å². The Balaban J connectivity index is 2.05. The van der Waals surface area contributed by atoms with Crippen molar-refractivity contribution in [2.24, 2.45) is 0 Å². The molecule has 22 heavy (non-hydrogen) atoms. The SMILES string of the molecule is CC(C)(C)OC(=O)N1CCC1(C)C(=O)Nc1ccc(Cl)cc1. The molecule has 0 aromatic heterocycles. The molecule has 1 aliphatic heterocycles. The van der Waals surface area contributed by atoms with Crippen molar-refractivity contribution in [2.45, 2.75) is 45.3 Å². The highest BCUT2D eigenvalue weighted by Crippen LogP contribution is 2.33. The van der Waals surface area contributed by atoms with Gasteiger partial charge in [0.2, 0.25) is 5.91 Å². The van der Waals surface area contributed by atoms with Crippen LogP contribution in [0, 0.1) is 0 Å².